The molecule has 8 nitrogen and oxygen atoms in total. The van der Waals surface area contributed by atoms with Crippen LogP contribution in [0.15, 0.2) is 58.9 Å². The number of para-hydroxylation sites is 1. The normalized spacial score (nSPS) is 19.6. The molecule has 1 aliphatic carbocycles. The molecule has 0 fully saturated rings. The Morgan fingerprint density at radius 3 is 2.33 bits per heavy atom. The molecule has 2 aromatic rings. The lowest BCUT2D eigenvalue weighted by molar-refractivity contribution is -0.144. The molecular weight excluding hydrogens is 498 g/mol. The van der Waals surface area contributed by atoms with E-state index in [1.807, 2.05) is 51.1 Å². The SMILES string of the molecule is CC[C@@H](C)OC(=O)C1=C(C)NC2=C(C(=O)C[C@H](c3ccc(OC)c(OC)c3)C2)[C@H]1c1cccc(OC)c1OC. The molecule has 0 bridgehead atoms. The summed E-state index contributed by atoms with van der Waals surface area (Å²) < 4.78 is 28.0. The summed E-state index contributed by atoms with van der Waals surface area (Å²) in [4.78, 5) is 27.5. The number of methoxy groups -OCH3 is 4. The number of hydrogen-bond donors (Lipinski definition) is 1. The van der Waals surface area contributed by atoms with Crippen LogP contribution < -0.4 is 24.3 Å². The maximum absolute atomic E-state index is 14.0. The van der Waals surface area contributed by atoms with Crippen molar-refractivity contribution in [2.75, 3.05) is 28.4 Å². The number of rotatable bonds is 9. The van der Waals surface area contributed by atoms with Crippen LogP contribution in [0.5, 0.6) is 23.0 Å². The lowest BCUT2D eigenvalue weighted by atomic mass is 9.71. The maximum atomic E-state index is 14.0. The highest BCUT2D eigenvalue weighted by atomic mass is 16.5. The second-order valence-electron chi connectivity index (χ2n) is 9.84. The number of hydrogen-bond acceptors (Lipinski definition) is 8. The van der Waals surface area contributed by atoms with Gasteiger partial charge in [0.05, 0.1) is 46.0 Å². The standard InChI is InChI=1S/C31H37NO7/c1-8-17(2)39-31(34)27-18(3)32-22-14-20(19-12-13-24(35-4)26(16-19)37-6)15-23(33)29(22)28(27)21-10-9-11-25(36-5)30(21)38-7/h9-13,16-17,20,28,32H,8,14-15H2,1-7H3/t17-,20-,28+/m1/s1. The third-order valence-electron chi connectivity index (χ3n) is 7.55. The highest BCUT2D eigenvalue weighted by molar-refractivity contribution is 6.04. The van der Waals surface area contributed by atoms with Crippen molar-refractivity contribution < 1.29 is 33.3 Å². The highest BCUT2D eigenvalue weighted by Crippen LogP contribution is 2.49. The van der Waals surface area contributed by atoms with Crippen LogP contribution in [-0.4, -0.2) is 46.3 Å². The molecule has 0 unspecified atom stereocenters. The van der Waals surface area contributed by atoms with Crippen LogP contribution >= 0.6 is 0 Å². The van der Waals surface area contributed by atoms with Gasteiger partial charge in [-0.3, -0.25) is 4.79 Å². The molecule has 0 amide bonds. The van der Waals surface area contributed by atoms with Gasteiger partial charge >= 0.3 is 5.97 Å². The van der Waals surface area contributed by atoms with Crippen LogP contribution in [0.25, 0.3) is 0 Å². The largest absolute Gasteiger partial charge is 0.493 e. The lowest BCUT2D eigenvalue weighted by Gasteiger charge is -2.37. The van der Waals surface area contributed by atoms with Crippen LogP contribution in [0.3, 0.4) is 0 Å². The first-order chi connectivity index (χ1) is 18.8. The van der Waals surface area contributed by atoms with Gasteiger partial charge in [0.1, 0.15) is 0 Å². The summed E-state index contributed by atoms with van der Waals surface area (Å²) in [5.41, 5.74) is 4.06. The molecular formula is C31H37NO7. The molecule has 1 N–H and O–H groups in total. The van der Waals surface area contributed by atoms with Crippen molar-refractivity contribution in [2.45, 2.75) is 58.0 Å². The molecule has 4 rings (SSSR count). The van der Waals surface area contributed by atoms with Crippen molar-refractivity contribution in [3.63, 3.8) is 0 Å². The third kappa shape index (κ3) is 5.33. The number of benzene rings is 2. The number of nitrogens with one attached hydrogen (secondary N) is 1. The van der Waals surface area contributed by atoms with Crippen LogP contribution in [-0.2, 0) is 14.3 Å². The second kappa shape index (κ2) is 11.8. The van der Waals surface area contributed by atoms with E-state index in [2.05, 4.69) is 5.32 Å². The maximum Gasteiger partial charge on any atom is 0.337 e. The summed E-state index contributed by atoms with van der Waals surface area (Å²) in [5, 5.41) is 3.40. The molecule has 2 aliphatic rings. The summed E-state index contributed by atoms with van der Waals surface area (Å²) in [6.45, 7) is 5.66. The van der Waals surface area contributed by atoms with E-state index >= 15 is 0 Å². The molecule has 208 valence electrons. The monoisotopic (exact) mass is 535 g/mol. The Bertz CT molecular complexity index is 1330. The van der Waals surface area contributed by atoms with E-state index in [0.717, 1.165) is 11.3 Å². The number of Topliss-reactive ketones (excluding diaryl/α,β-unsaturated/α-hetero) is 1. The second-order valence-corrected chi connectivity index (χ2v) is 9.84. The van der Waals surface area contributed by atoms with Crippen LogP contribution in [0.1, 0.15) is 63.0 Å². The average Bonchev–Trinajstić information content (AvgIpc) is 2.94. The zero-order valence-corrected chi connectivity index (χ0v) is 23.7. The molecule has 8 heteroatoms. The summed E-state index contributed by atoms with van der Waals surface area (Å²) >= 11 is 0. The summed E-state index contributed by atoms with van der Waals surface area (Å²) in [6, 6.07) is 11.3. The predicted octanol–water partition coefficient (Wildman–Crippen LogP) is 5.42. The minimum atomic E-state index is -0.665. The van der Waals surface area contributed by atoms with Crippen LogP contribution in [0.2, 0.25) is 0 Å². The number of carbonyl (C=O) groups excluding carboxylic acids is 2. The van der Waals surface area contributed by atoms with E-state index in [1.165, 1.54) is 0 Å². The Morgan fingerprint density at radius 2 is 1.69 bits per heavy atom. The number of carbonyl (C=O) groups is 2. The third-order valence-corrected chi connectivity index (χ3v) is 7.55. The smallest absolute Gasteiger partial charge is 0.337 e. The molecule has 0 spiro atoms. The van der Waals surface area contributed by atoms with Gasteiger partial charge in [-0.25, -0.2) is 4.79 Å². The topological polar surface area (TPSA) is 92.3 Å². The average molecular weight is 536 g/mol. The zero-order chi connectivity index (χ0) is 28.3. The molecule has 1 aliphatic heterocycles. The van der Waals surface area contributed by atoms with E-state index in [9.17, 15) is 9.59 Å². The van der Waals surface area contributed by atoms with Gasteiger partial charge in [0, 0.05) is 29.0 Å². The Labute approximate surface area is 229 Å². The van der Waals surface area contributed by atoms with E-state index in [4.69, 9.17) is 23.7 Å². The fraction of sp³-hybridized carbons (Fsp3) is 0.419. The molecule has 0 aromatic heterocycles. The van der Waals surface area contributed by atoms with Crippen LogP contribution in [0.4, 0.5) is 0 Å². The molecule has 0 radical (unpaired) electrons. The first kappa shape index (κ1) is 28.1. The van der Waals surface area contributed by atoms with E-state index in [-0.39, 0.29) is 24.2 Å². The van der Waals surface area contributed by atoms with Gasteiger partial charge < -0.3 is 29.0 Å². The van der Waals surface area contributed by atoms with Gasteiger partial charge in [0.25, 0.3) is 0 Å². The van der Waals surface area contributed by atoms with Gasteiger partial charge in [-0.05, 0) is 56.4 Å². The highest BCUT2D eigenvalue weighted by Gasteiger charge is 2.43. The number of dihydropyridines is 1. The molecule has 39 heavy (non-hydrogen) atoms. The molecule has 3 atom stereocenters. The van der Waals surface area contributed by atoms with Crippen molar-refractivity contribution in [1.82, 2.24) is 5.32 Å². The van der Waals surface area contributed by atoms with Gasteiger partial charge in [-0.1, -0.05) is 25.1 Å². The zero-order valence-electron chi connectivity index (χ0n) is 23.7. The minimum absolute atomic E-state index is 0.0419. The molecule has 2 aromatic carbocycles. The van der Waals surface area contributed by atoms with Gasteiger partial charge in [0.15, 0.2) is 28.8 Å². The minimum Gasteiger partial charge on any atom is -0.493 e. The molecule has 0 saturated heterocycles. The Kier molecular flexibility index (Phi) is 8.53. The number of ketones is 1. The van der Waals surface area contributed by atoms with Gasteiger partial charge in [-0.2, -0.15) is 0 Å². The van der Waals surface area contributed by atoms with Crippen molar-refractivity contribution >= 4 is 11.8 Å². The van der Waals surface area contributed by atoms with E-state index in [0.29, 0.717) is 58.2 Å². The Morgan fingerprint density at radius 1 is 0.974 bits per heavy atom. The van der Waals surface area contributed by atoms with Gasteiger partial charge in [-0.15, -0.1) is 0 Å². The molecule has 0 saturated carbocycles. The first-order valence-electron chi connectivity index (χ1n) is 13.2. The fourth-order valence-electron chi connectivity index (χ4n) is 5.43. The van der Waals surface area contributed by atoms with E-state index in [1.54, 1.807) is 34.5 Å². The Balaban J connectivity index is 1.84. The predicted molar refractivity (Wildman–Crippen MR) is 148 cm³/mol. The van der Waals surface area contributed by atoms with E-state index < -0.39 is 11.9 Å². The number of ether oxygens (including phenoxy) is 5. The lowest BCUT2D eigenvalue weighted by Crippen LogP contribution is -2.36. The summed E-state index contributed by atoms with van der Waals surface area (Å²) in [7, 11) is 6.31. The van der Waals surface area contributed by atoms with Crippen molar-refractivity contribution in [3.05, 3.63) is 70.1 Å². The Hall–Kier alpha value is -3.94. The molecule has 1 heterocycles. The van der Waals surface area contributed by atoms with Crippen molar-refractivity contribution in [3.8, 4) is 23.0 Å². The van der Waals surface area contributed by atoms with Crippen LogP contribution in [0, 0.1) is 0 Å². The summed E-state index contributed by atoms with van der Waals surface area (Å²) in [6.07, 6.45) is 1.28. The first-order valence-corrected chi connectivity index (χ1v) is 13.2. The summed E-state index contributed by atoms with van der Waals surface area (Å²) in [5.74, 6) is 1.02. The van der Waals surface area contributed by atoms with Gasteiger partial charge in [0.2, 0.25) is 0 Å². The quantitative estimate of drug-likeness (QED) is 0.426. The van der Waals surface area contributed by atoms with Crippen molar-refractivity contribution in [1.29, 1.82) is 0 Å². The fourth-order valence-corrected chi connectivity index (χ4v) is 5.43. The number of allylic oxidation sites excluding steroid dienone is 3. The number of esters is 1. The van der Waals surface area contributed by atoms with Crippen molar-refractivity contribution in [2.24, 2.45) is 0 Å².